The van der Waals surface area contributed by atoms with Crippen LogP contribution in [0.25, 0.3) is 11.0 Å². The number of carbonyl (C=O) groups excluding carboxylic acids is 1. The number of rotatable bonds is 4. The van der Waals surface area contributed by atoms with Crippen molar-refractivity contribution in [2.24, 2.45) is 0 Å². The average molecular weight is 260 g/mol. The molecule has 0 aliphatic carbocycles. The maximum atomic E-state index is 11.2. The van der Waals surface area contributed by atoms with Gasteiger partial charge in [-0.3, -0.25) is 4.79 Å². The molecule has 6 heteroatoms. The van der Waals surface area contributed by atoms with E-state index in [0.29, 0.717) is 12.2 Å². The lowest BCUT2D eigenvalue weighted by molar-refractivity contribution is 0.112. The van der Waals surface area contributed by atoms with E-state index in [1.165, 1.54) is 0 Å². The number of ether oxygens (including phenoxy) is 1. The molecular weight excluding hydrogens is 244 g/mol. The van der Waals surface area contributed by atoms with Crippen LogP contribution in [-0.2, 0) is 11.3 Å². The first-order valence-electron chi connectivity index (χ1n) is 6.47. The van der Waals surface area contributed by atoms with Crippen molar-refractivity contribution in [3.05, 3.63) is 18.0 Å². The molecule has 0 bridgehead atoms. The van der Waals surface area contributed by atoms with Crippen LogP contribution in [0.5, 0.6) is 0 Å². The molecule has 2 aromatic rings. The highest BCUT2D eigenvalue weighted by molar-refractivity contribution is 5.98. The molecule has 1 fully saturated rings. The molecule has 1 aliphatic rings. The standard InChI is InChI=1S/C13H16N4O2/c1-2-17-13-11(6-15-17)12(9(7-18)5-14-13)16-10-3-4-19-8-10/h5-7,10H,2-4,8H2,1H3,(H,14,16)/t10-/m0/s1. The van der Waals surface area contributed by atoms with Gasteiger partial charge < -0.3 is 10.1 Å². The van der Waals surface area contributed by atoms with Gasteiger partial charge >= 0.3 is 0 Å². The van der Waals surface area contributed by atoms with Crippen LogP contribution >= 0.6 is 0 Å². The van der Waals surface area contributed by atoms with Gasteiger partial charge in [-0.05, 0) is 13.3 Å². The number of hydrogen-bond donors (Lipinski definition) is 1. The van der Waals surface area contributed by atoms with E-state index >= 15 is 0 Å². The SMILES string of the molecule is CCn1ncc2c(N[C@H]3CCOC3)c(C=O)cnc21. The zero-order chi connectivity index (χ0) is 13.2. The smallest absolute Gasteiger partial charge is 0.159 e. The lowest BCUT2D eigenvalue weighted by Crippen LogP contribution is -2.20. The summed E-state index contributed by atoms with van der Waals surface area (Å²) in [4.78, 5) is 15.5. The second-order valence-corrected chi connectivity index (χ2v) is 4.61. The Kier molecular flexibility index (Phi) is 3.16. The van der Waals surface area contributed by atoms with E-state index in [1.807, 2.05) is 11.6 Å². The molecule has 1 saturated heterocycles. The first kappa shape index (κ1) is 12.1. The van der Waals surface area contributed by atoms with E-state index in [1.54, 1.807) is 12.4 Å². The highest BCUT2D eigenvalue weighted by atomic mass is 16.5. The van der Waals surface area contributed by atoms with E-state index in [2.05, 4.69) is 15.4 Å². The molecule has 1 atom stereocenters. The van der Waals surface area contributed by atoms with Gasteiger partial charge in [0.2, 0.25) is 0 Å². The summed E-state index contributed by atoms with van der Waals surface area (Å²) in [6.45, 7) is 4.20. The minimum atomic E-state index is 0.245. The Hall–Kier alpha value is -1.95. The number of nitrogens with zero attached hydrogens (tertiary/aromatic N) is 3. The van der Waals surface area contributed by atoms with Gasteiger partial charge in [0.1, 0.15) is 0 Å². The summed E-state index contributed by atoms with van der Waals surface area (Å²) in [5.41, 5.74) is 2.18. The van der Waals surface area contributed by atoms with E-state index < -0.39 is 0 Å². The zero-order valence-corrected chi connectivity index (χ0v) is 10.8. The average Bonchev–Trinajstić information content (AvgIpc) is 3.07. The molecular formula is C13H16N4O2. The predicted molar refractivity (Wildman–Crippen MR) is 71.4 cm³/mol. The van der Waals surface area contributed by atoms with Gasteiger partial charge in [-0.2, -0.15) is 5.10 Å². The number of carbonyl (C=O) groups is 1. The van der Waals surface area contributed by atoms with Crippen molar-refractivity contribution in [2.75, 3.05) is 18.5 Å². The van der Waals surface area contributed by atoms with Crippen molar-refractivity contribution in [1.82, 2.24) is 14.8 Å². The van der Waals surface area contributed by atoms with Crippen LogP contribution in [0, 0.1) is 0 Å². The zero-order valence-electron chi connectivity index (χ0n) is 10.8. The monoisotopic (exact) mass is 260 g/mol. The molecule has 3 rings (SSSR count). The van der Waals surface area contributed by atoms with E-state index in [4.69, 9.17) is 4.74 Å². The Morgan fingerprint density at radius 1 is 1.58 bits per heavy atom. The minimum absolute atomic E-state index is 0.245. The van der Waals surface area contributed by atoms with Crippen LogP contribution in [0.2, 0.25) is 0 Å². The normalized spacial score (nSPS) is 18.9. The molecule has 1 aliphatic heterocycles. The number of aryl methyl sites for hydroxylation is 1. The Morgan fingerprint density at radius 3 is 3.16 bits per heavy atom. The van der Waals surface area contributed by atoms with Crippen molar-refractivity contribution in [3.8, 4) is 0 Å². The van der Waals surface area contributed by atoms with Crippen LogP contribution in [0.15, 0.2) is 12.4 Å². The fourth-order valence-electron chi connectivity index (χ4n) is 2.38. The maximum Gasteiger partial charge on any atom is 0.159 e. The number of aromatic nitrogens is 3. The summed E-state index contributed by atoms with van der Waals surface area (Å²) >= 11 is 0. The van der Waals surface area contributed by atoms with Crippen molar-refractivity contribution in [3.63, 3.8) is 0 Å². The lowest BCUT2D eigenvalue weighted by Gasteiger charge is -2.14. The Labute approximate surface area is 110 Å². The molecule has 0 radical (unpaired) electrons. The van der Waals surface area contributed by atoms with Gasteiger partial charge in [-0.1, -0.05) is 0 Å². The minimum Gasteiger partial charge on any atom is -0.379 e. The van der Waals surface area contributed by atoms with Gasteiger partial charge in [0.15, 0.2) is 11.9 Å². The summed E-state index contributed by atoms with van der Waals surface area (Å²) < 4.78 is 7.17. The van der Waals surface area contributed by atoms with Gasteiger partial charge in [0.05, 0.1) is 35.5 Å². The third-order valence-electron chi connectivity index (χ3n) is 3.40. The number of pyridine rings is 1. The second kappa shape index (κ2) is 4.97. The quantitative estimate of drug-likeness (QED) is 0.843. The highest BCUT2D eigenvalue weighted by Gasteiger charge is 2.19. The maximum absolute atomic E-state index is 11.2. The van der Waals surface area contributed by atoms with E-state index in [-0.39, 0.29) is 6.04 Å². The molecule has 0 amide bonds. The summed E-state index contributed by atoms with van der Waals surface area (Å²) in [6.07, 6.45) is 5.14. The van der Waals surface area contributed by atoms with Crippen LogP contribution < -0.4 is 5.32 Å². The van der Waals surface area contributed by atoms with Crippen molar-refractivity contribution >= 4 is 23.0 Å². The van der Waals surface area contributed by atoms with Crippen LogP contribution in [0.3, 0.4) is 0 Å². The van der Waals surface area contributed by atoms with Crippen LogP contribution in [-0.4, -0.2) is 40.3 Å². The molecule has 0 spiro atoms. The Bertz CT molecular complexity index is 602. The van der Waals surface area contributed by atoms with Crippen molar-refractivity contribution in [2.45, 2.75) is 25.9 Å². The van der Waals surface area contributed by atoms with Gasteiger partial charge in [-0.15, -0.1) is 0 Å². The molecule has 19 heavy (non-hydrogen) atoms. The fourth-order valence-corrected chi connectivity index (χ4v) is 2.38. The van der Waals surface area contributed by atoms with Crippen LogP contribution in [0.4, 0.5) is 5.69 Å². The van der Waals surface area contributed by atoms with Gasteiger partial charge in [-0.25, -0.2) is 9.67 Å². The van der Waals surface area contributed by atoms with Crippen LogP contribution in [0.1, 0.15) is 23.7 Å². The molecule has 1 N–H and O–H groups in total. The topological polar surface area (TPSA) is 69.0 Å². The summed E-state index contributed by atoms with van der Waals surface area (Å²) in [5, 5.41) is 8.57. The molecule has 3 heterocycles. The van der Waals surface area contributed by atoms with Crippen molar-refractivity contribution in [1.29, 1.82) is 0 Å². The third-order valence-corrected chi connectivity index (χ3v) is 3.40. The van der Waals surface area contributed by atoms with Gasteiger partial charge in [0, 0.05) is 19.3 Å². The molecule has 0 unspecified atom stereocenters. The highest BCUT2D eigenvalue weighted by Crippen LogP contribution is 2.26. The molecule has 0 aromatic carbocycles. The molecule has 2 aromatic heterocycles. The first-order chi connectivity index (χ1) is 9.33. The first-order valence-corrected chi connectivity index (χ1v) is 6.47. The number of anilines is 1. The number of aldehydes is 1. The molecule has 0 saturated carbocycles. The Morgan fingerprint density at radius 2 is 2.47 bits per heavy atom. The van der Waals surface area contributed by atoms with Crippen molar-refractivity contribution < 1.29 is 9.53 Å². The summed E-state index contributed by atoms with van der Waals surface area (Å²) in [6, 6.07) is 0.245. The predicted octanol–water partition coefficient (Wildman–Crippen LogP) is 1.46. The fraction of sp³-hybridized carbons (Fsp3) is 0.462. The van der Waals surface area contributed by atoms with E-state index in [9.17, 15) is 4.79 Å². The Balaban J connectivity index is 2.07. The van der Waals surface area contributed by atoms with E-state index in [0.717, 1.165) is 42.6 Å². The molecule has 100 valence electrons. The number of fused-ring (bicyclic) bond motifs is 1. The third kappa shape index (κ3) is 2.08. The van der Waals surface area contributed by atoms with Gasteiger partial charge in [0.25, 0.3) is 0 Å². The summed E-state index contributed by atoms with van der Waals surface area (Å²) in [5.74, 6) is 0. The lowest BCUT2D eigenvalue weighted by atomic mass is 10.1. The molecule has 6 nitrogen and oxygen atoms in total. The second-order valence-electron chi connectivity index (χ2n) is 4.61. The largest absolute Gasteiger partial charge is 0.379 e. The number of hydrogen-bond acceptors (Lipinski definition) is 5. The number of nitrogens with one attached hydrogen (secondary N) is 1. The summed E-state index contributed by atoms with van der Waals surface area (Å²) in [7, 11) is 0.